The maximum atomic E-state index is 14.5. The van der Waals surface area contributed by atoms with Gasteiger partial charge in [0.05, 0.1) is 29.5 Å². The Bertz CT molecular complexity index is 1330. The molecule has 3 heterocycles. The molecule has 1 aromatic heterocycles. The topological polar surface area (TPSA) is 81.2 Å². The summed E-state index contributed by atoms with van der Waals surface area (Å²) >= 11 is 6.62. The lowest BCUT2D eigenvalue weighted by atomic mass is 10.1. The molecular weight excluding hydrogens is 523 g/mol. The number of rotatable bonds is 6. The molecule has 0 saturated carbocycles. The zero-order chi connectivity index (χ0) is 27.4. The Morgan fingerprint density at radius 2 is 1.77 bits per heavy atom. The molecule has 3 aromatic rings. The number of nitrogens with one attached hydrogen (secondary N) is 1. The highest BCUT2D eigenvalue weighted by Crippen LogP contribution is 2.31. The van der Waals surface area contributed by atoms with Crippen LogP contribution in [-0.2, 0) is 4.74 Å². The fraction of sp³-hybridized carbons (Fsp3) is 0.321. The monoisotopic (exact) mass is 552 g/mol. The van der Waals surface area contributed by atoms with Gasteiger partial charge in [-0.2, -0.15) is 0 Å². The number of hydrazine groups is 1. The van der Waals surface area contributed by atoms with Crippen molar-refractivity contribution in [3.8, 4) is 0 Å². The lowest BCUT2D eigenvalue weighted by Crippen LogP contribution is -2.55. The molecule has 204 valence electrons. The number of anilines is 3. The molecule has 0 bridgehead atoms. The number of hydrogen-bond acceptors (Lipinski definition) is 7. The molecule has 2 aromatic carbocycles. The van der Waals surface area contributed by atoms with Crippen LogP contribution >= 0.6 is 11.6 Å². The van der Waals surface area contributed by atoms with Gasteiger partial charge in [-0.05, 0) is 55.6 Å². The van der Waals surface area contributed by atoms with E-state index in [1.54, 1.807) is 42.6 Å². The van der Waals surface area contributed by atoms with Gasteiger partial charge in [0.1, 0.15) is 5.82 Å². The largest absolute Gasteiger partial charge is 0.378 e. The molecule has 0 unspecified atom stereocenters. The van der Waals surface area contributed by atoms with E-state index in [-0.39, 0.29) is 11.5 Å². The summed E-state index contributed by atoms with van der Waals surface area (Å²) < 4.78 is 19.8. The predicted octanol–water partition coefficient (Wildman–Crippen LogP) is 3.77. The highest BCUT2D eigenvalue weighted by atomic mass is 35.5. The summed E-state index contributed by atoms with van der Waals surface area (Å²) in [5.41, 5.74) is 2.08. The van der Waals surface area contributed by atoms with Crippen LogP contribution in [0, 0.1) is 5.82 Å². The number of pyridine rings is 1. The highest BCUT2D eigenvalue weighted by molar-refractivity contribution is 6.34. The van der Waals surface area contributed by atoms with E-state index in [4.69, 9.17) is 16.3 Å². The van der Waals surface area contributed by atoms with Crippen molar-refractivity contribution in [1.82, 2.24) is 14.9 Å². The first-order valence-corrected chi connectivity index (χ1v) is 13.2. The van der Waals surface area contributed by atoms with Crippen LogP contribution in [0.4, 0.5) is 21.5 Å². The van der Waals surface area contributed by atoms with Crippen LogP contribution in [-0.4, -0.2) is 86.2 Å². The third kappa shape index (κ3) is 6.36. The molecule has 5 rings (SSSR count). The Kier molecular flexibility index (Phi) is 8.37. The maximum Gasteiger partial charge on any atom is 0.274 e. The SMILES string of the molecule is CN1CCN(N(C(=O)c2cccnc2)c2cc(C(=O)Nc3cc(F)cc(N4CCOCC4)c3)ccc2Cl)CC1. The van der Waals surface area contributed by atoms with Gasteiger partial charge < -0.3 is 19.9 Å². The molecular formula is C28H30ClFN6O3. The van der Waals surface area contributed by atoms with E-state index in [9.17, 15) is 14.0 Å². The number of carbonyl (C=O) groups excluding carboxylic acids is 2. The van der Waals surface area contributed by atoms with E-state index in [0.717, 1.165) is 13.1 Å². The van der Waals surface area contributed by atoms with Crippen molar-refractivity contribution in [2.75, 3.05) is 74.8 Å². The van der Waals surface area contributed by atoms with Gasteiger partial charge in [-0.25, -0.2) is 14.4 Å². The highest BCUT2D eigenvalue weighted by Gasteiger charge is 2.29. The van der Waals surface area contributed by atoms with Gasteiger partial charge in [0.15, 0.2) is 0 Å². The minimum atomic E-state index is -0.450. The zero-order valence-corrected chi connectivity index (χ0v) is 22.4. The maximum absolute atomic E-state index is 14.5. The van der Waals surface area contributed by atoms with E-state index in [1.165, 1.54) is 23.3 Å². The average molecular weight is 553 g/mol. The van der Waals surface area contributed by atoms with Gasteiger partial charge >= 0.3 is 0 Å². The second-order valence-electron chi connectivity index (χ2n) is 9.53. The minimum Gasteiger partial charge on any atom is -0.378 e. The quantitative estimate of drug-likeness (QED) is 0.498. The van der Waals surface area contributed by atoms with E-state index in [0.29, 0.717) is 67.0 Å². The van der Waals surface area contributed by atoms with E-state index < -0.39 is 11.7 Å². The summed E-state index contributed by atoms with van der Waals surface area (Å²) in [6.45, 7) is 5.14. The van der Waals surface area contributed by atoms with Crippen molar-refractivity contribution >= 4 is 40.5 Å². The number of piperazine rings is 1. The molecule has 9 nitrogen and oxygen atoms in total. The number of benzene rings is 2. The second kappa shape index (κ2) is 12.1. The van der Waals surface area contributed by atoms with Crippen molar-refractivity contribution < 1.29 is 18.7 Å². The van der Waals surface area contributed by atoms with Crippen LogP contribution in [0.5, 0.6) is 0 Å². The molecule has 0 radical (unpaired) electrons. The first-order chi connectivity index (χ1) is 18.9. The van der Waals surface area contributed by atoms with Gasteiger partial charge in [0.2, 0.25) is 0 Å². The summed E-state index contributed by atoms with van der Waals surface area (Å²) in [6, 6.07) is 12.6. The van der Waals surface area contributed by atoms with Crippen molar-refractivity contribution in [2.45, 2.75) is 0 Å². The molecule has 2 fully saturated rings. The fourth-order valence-electron chi connectivity index (χ4n) is 4.67. The summed E-state index contributed by atoms with van der Waals surface area (Å²) in [7, 11) is 2.03. The van der Waals surface area contributed by atoms with Gasteiger partial charge in [0.25, 0.3) is 11.8 Å². The summed E-state index contributed by atoms with van der Waals surface area (Å²) in [6.07, 6.45) is 3.11. The normalized spacial score (nSPS) is 16.6. The molecule has 1 N–H and O–H groups in total. The first kappa shape index (κ1) is 27.0. The van der Waals surface area contributed by atoms with E-state index >= 15 is 0 Å². The van der Waals surface area contributed by atoms with Crippen molar-refractivity contribution in [1.29, 1.82) is 0 Å². The lowest BCUT2D eigenvalue weighted by molar-refractivity contribution is 0.0819. The molecule has 0 aliphatic carbocycles. The lowest BCUT2D eigenvalue weighted by Gasteiger charge is -2.40. The average Bonchev–Trinajstić information content (AvgIpc) is 2.95. The summed E-state index contributed by atoms with van der Waals surface area (Å²) in [4.78, 5) is 35.3. The molecule has 39 heavy (non-hydrogen) atoms. The smallest absolute Gasteiger partial charge is 0.274 e. The molecule has 11 heteroatoms. The van der Waals surface area contributed by atoms with E-state index in [1.807, 2.05) is 17.0 Å². The Hall–Kier alpha value is -3.57. The van der Waals surface area contributed by atoms with Crippen LogP contribution in [0.15, 0.2) is 60.9 Å². The molecule has 2 aliphatic heterocycles. The third-order valence-electron chi connectivity index (χ3n) is 6.82. The van der Waals surface area contributed by atoms with Crippen LogP contribution in [0.25, 0.3) is 0 Å². The van der Waals surface area contributed by atoms with Gasteiger partial charge in [0, 0.05) is 68.6 Å². The Morgan fingerprint density at radius 3 is 2.49 bits per heavy atom. The van der Waals surface area contributed by atoms with Crippen molar-refractivity contribution in [3.05, 3.63) is 82.9 Å². The van der Waals surface area contributed by atoms with Crippen LogP contribution in [0.2, 0.25) is 5.02 Å². The minimum absolute atomic E-state index is 0.282. The second-order valence-corrected chi connectivity index (χ2v) is 9.94. The number of morpholine rings is 1. The Balaban J connectivity index is 1.43. The predicted molar refractivity (Wildman–Crippen MR) is 149 cm³/mol. The number of nitrogens with zero attached hydrogens (tertiary/aromatic N) is 5. The molecule has 0 atom stereocenters. The number of hydrogen-bond donors (Lipinski definition) is 1. The number of halogens is 2. The zero-order valence-electron chi connectivity index (χ0n) is 21.6. The first-order valence-electron chi connectivity index (χ1n) is 12.8. The standard InChI is InChI=1S/C28H30ClFN6O3/c1-33-7-9-35(10-8-33)36(28(38)21-3-2-6-31-19-21)26-15-20(4-5-25(26)29)27(37)32-23-16-22(30)17-24(18-23)34-11-13-39-14-12-34/h2-6,15-19H,7-14H2,1H3,(H,32,37). The fourth-order valence-corrected chi connectivity index (χ4v) is 4.87. The molecule has 2 saturated heterocycles. The molecule has 2 aliphatic rings. The van der Waals surface area contributed by atoms with Crippen LogP contribution in [0.1, 0.15) is 20.7 Å². The number of likely N-dealkylation sites (N-methyl/N-ethyl adjacent to an activating group) is 1. The van der Waals surface area contributed by atoms with Crippen LogP contribution in [0.3, 0.4) is 0 Å². The molecule has 0 spiro atoms. The Morgan fingerprint density at radius 1 is 1.00 bits per heavy atom. The molecule has 2 amide bonds. The Labute approximate surface area is 231 Å². The number of ether oxygens (including phenoxy) is 1. The van der Waals surface area contributed by atoms with Crippen LogP contribution < -0.4 is 15.2 Å². The van der Waals surface area contributed by atoms with E-state index in [2.05, 4.69) is 15.2 Å². The van der Waals surface area contributed by atoms with Gasteiger partial charge in [-0.3, -0.25) is 14.6 Å². The van der Waals surface area contributed by atoms with Crippen molar-refractivity contribution in [3.63, 3.8) is 0 Å². The van der Waals surface area contributed by atoms with Gasteiger partial charge in [-0.1, -0.05) is 11.6 Å². The number of carbonyl (C=O) groups is 2. The number of amides is 2. The van der Waals surface area contributed by atoms with Gasteiger partial charge in [-0.15, -0.1) is 0 Å². The summed E-state index contributed by atoms with van der Waals surface area (Å²) in [5, 5.41) is 6.58. The number of aromatic nitrogens is 1. The van der Waals surface area contributed by atoms with Crippen molar-refractivity contribution in [2.24, 2.45) is 0 Å². The summed E-state index contributed by atoms with van der Waals surface area (Å²) in [5.74, 6) is -1.19. The third-order valence-corrected chi connectivity index (χ3v) is 7.14.